The first-order valence-corrected chi connectivity index (χ1v) is 8.54. The molecule has 0 radical (unpaired) electrons. The summed E-state index contributed by atoms with van der Waals surface area (Å²) in [6.45, 7) is 4.82. The molecule has 2 rings (SSSR count). The first kappa shape index (κ1) is 20.0. The standard InChI is InChI=1S/C21H22N2O4/c1-14(2)21(3,13-22)23-19(25)12-27-20(26)17-6-4-15(5-7-17)16-8-10-18(24)11-9-16/h4-11,14,24H,12H2,1-3H3,(H,23,25)/t21-/m1/s1. The van der Waals surface area contributed by atoms with E-state index in [1.54, 1.807) is 55.5 Å². The van der Waals surface area contributed by atoms with Crippen LogP contribution >= 0.6 is 0 Å². The molecule has 0 saturated carbocycles. The number of benzene rings is 2. The van der Waals surface area contributed by atoms with Gasteiger partial charge in [0.25, 0.3) is 5.91 Å². The lowest BCUT2D eigenvalue weighted by atomic mass is 9.90. The van der Waals surface area contributed by atoms with E-state index in [9.17, 15) is 20.0 Å². The second-order valence-corrected chi connectivity index (χ2v) is 6.72. The number of nitrogens with zero attached hydrogens (tertiary/aromatic N) is 1. The number of esters is 1. The lowest BCUT2D eigenvalue weighted by molar-refractivity contribution is -0.125. The van der Waals surface area contributed by atoms with Crippen LogP contribution in [0.1, 0.15) is 31.1 Å². The van der Waals surface area contributed by atoms with Crippen LogP contribution < -0.4 is 5.32 Å². The van der Waals surface area contributed by atoms with Crippen molar-refractivity contribution in [3.63, 3.8) is 0 Å². The number of hydrogen-bond acceptors (Lipinski definition) is 5. The smallest absolute Gasteiger partial charge is 0.338 e. The zero-order chi connectivity index (χ0) is 20.0. The average Bonchev–Trinajstić information content (AvgIpc) is 2.66. The Bertz CT molecular complexity index is 851. The second kappa shape index (κ2) is 8.37. The highest BCUT2D eigenvalue weighted by molar-refractivity contribution is 5.92. The van der Waals surface area contributed by atoms with E-state index in [0.29, 0.717) is 5.56 Å². The molecule has 0 saturated heterocycles. The largest absolute Gasteiger partial charge is 0.508 e. The monoisotopic (exact) mass is 366 g/mol. The van der Waals surface area contributed by atoms with Gasteiger partial charge in [-0.15, -0.1) is 0 Å². The molecule has 2 aromatic carbocycles. The molecule has 0 aromatic heterocycles. The second-order valence-electron chi connectivity index (χ2n) is 6.72. The van der Waals surface area contributed by atoms with Crippen molar-refractivity contribution in [1.29, 1.82) is 5.26 Å². The third kappa shape index (κ3) is 5.08. The zero-order valence-electron chi connectivity index (χ0n) is 15.5. The molecular weight excluding hydrogens is 344 g/mol. The number of amides is 1. The Morgan fingerprint density at radius 1 is 1.11 bits per heavy atom. The van der Waals surface area contributed by atoms with Gasteiger partial charge in [0.05, 0.1) is 11.6 Å². The summed E-state index contributed by atoms with van der Waals surface area (Å²) in [7, 11) is 0. The van der Waals surface area contributed by atoms with Crippen LogP contribution in [0.15, 0.2) is 48.5 Å². The minimum Gasteiger partial charge on any atom is -0.508 e. The molecule has 1 amide bonds. The van der Waals surface area contributed by atoms with Crippen LogP contribution in [0.25, 0.3) is 11.1 Å². The molecule has 1 atom stereocenters. The molecule has 6 heteroatoms. The fourth-order valence-corrected chi connectivity index (χ4v) is 2.29. The van der Waals surface area contributed by atoms with Crippen molar-refractivity contribution in [2.45, 2.75) is 26.3 Å². The fraction of sp³-hybridized carbons (Fsp3) is 0.286. The third-order valence-electron chi connectivity index (χ3n) is 4.44. The topological polar surface area (TPSA) is 99.4 Å². The fourth-order valence-electron chi connectivity index (χ4n) is 2.29. The van der Waals surface area contributed by atoms with Crippen molar-refractivity contribution in [2.75, 3.05) is 6.61 Å². The van der Waals surface area contributed by atoms with Crippen molar-refractivity contribution in [1.82, 2.24) is 5.32 Å². The summed E-state index contributed by atoms with van der Waals surface area (Å²) in [6, 6.07) is 15.5. The molecule has 0 aliphatic rings. The summed E-state index contributed by atoms with van der Waals surface area (Å²) >= 11 is 0. The zero-order valence-corrected chi connectivity index (χ0v) is 15.5. The van der Waals surface area contributed by atoms with Crippen molar-refractivity contribution in [2.24, 2.45) is 5.92 Å². The predicted molar refractivity (Wildman–Crippen MR) is 101 cm³/mol. The molecule has 0 spiro atoms. The highest BCUT2D eigenvalue weighted by Crippen LogP contribution is 2.22. The van der Waals surface area contributed by atoms with Gasteiger partial charge in [0.1, 0.15) is 11.3 Å². The Morgan fingerprint density at radius 3 is 2.11 bits per heavy atom. The van der Waals surface area contributed by atoms with Crippen molar-refractivity contribution in [3.8, 4) is 22.9 Å². The Hall–Kier alpha value is -3.33. The van der Waals surface area contributed by atoms with Crippen LogP contribution in [0.4, 0.5) is 0 Å². The lowest BCUT2D eigenvalue weighted by Crippen LogP contribution is -2.50. The number of carbonyl (C=O) groups is 2. The van der Waals surface area contributed by atoms with Crippen LogP contribution in [0.5, 0.6) is 5.75 Å². The number of nitrogens with one attached hydrogen (secondary N) is 1. The lowest BCUT2D eigenvalue weighted by Gasteiger charge is -2.27. The van der Waals surface area contributed by atoms with E-state index in [2.05, 4.69) is 11.4 Å². The number of rotatable bonds is 6. The number of phenolic OH excluding ortho intramolecular Hbond substituents is 1. The molecule has 140 valence electrons. The number of nitriles is 1. The Labute approximate surface area is 158 Å². The normalized spacial score (nSPS) is 12.7. The molecule has 0 aliphatic heterocycles. The van der Waals surface area contributed by atoms with Crippen LogP contribution in [-0.4, -0.2) is 29.1 Å². The molecule has 6 nitrogen and oxygen atoms in total. The van der Waals surface area contributed by atoms with Gasteiger partial charge < -0.3 is 15.2 Å². The van der Waals surface area contributed by atoms with Gasteiger partial charge in [0.15, 0.2) is 6.61 Å². The number of ether oxygens (including phenoxy) is 1. The summed E-state index contributed by atoms with van der Waals surface area (Å²) in [6.07, 6.45) is 0. The van der Waals surface area contributed by atoms with E-state index in [1.165, 1.54) is 0 Å². The van der Waals surface area contributed by atoms with Gasteiger partial charge >= 0.3 is 5.97 Å². The minimum absolute atomic E-state index is 0.0883. The molecule has 0 heterocycles. The number of aromatic hydroxyl groups is 1. The summed E-state index contributed by atoms with van der Waals surface area (Å²) in [4.78, 5) is 24.1. The predicted octanol–water partition coefficient (Wildman–Crippen LogP) is 3.27. The van der Waals surface area contributed by atoms with Crippen molar-refractivity contribution < 1.29 is 19.4 Å². The Kier molecular flexibility index (Phi) is 6.19. The summed E-state index contributed by atoms with van der Waals surface area (Å²) in [5.41, 5.74) is 1.08. The summed E-state index contributed by atoms with van der Waals surface area (Å²) < 4.78 is 5.03. The van der Waals surface area contributed by atoms with Crippen LogP contribution in [0, 0.1) is 17.2 Å². The minimum atomic E-state index is -1.02. The number of phenols is 1. The van der Waals surface area contributed by atoms with Gasteiger partial charge in [0, 0.05) is 0 Å². The molecule has 27 heavy (non-hydrogen) atoms. The van der Waals surface area contributed by atoms with Gasteiger partial charge in [-0.25, -0.2) is 4.79 Å². The maximum Gasteiger partial charge on any atom is 0.338 e. The van der Waals surface area contributed by atoms with Crippen molar-refractivity contribution >= 4 is 11.9 Å². The SMILES string of the molecule is CC(C)[C@@](C)(C#N)NC(=O)COC(=O)c1ccc(-c2ccc(O)cc2)cc1. The van der Waals surface area contributed by atoms with Gasteiger partial charge in [0.2, 0.25) is 0 Å². The average molecular weight is 366 g/mol. The van der Waals surface area contributed by atoms with Crippen molar-refractivity contribution in [3.05, 3.63) is 54.1 Å². The molecule has 0 fully saturated rings. The summed E-state index contributed by atoms with van der Waals surface area (Å²) in [5.74, 6) is -1.05. The van der Waals surface area contributed by atoms with Crippen LogP contribution in [0.3, 0.4) is 0 Å². The molecule has 0 bridgehead atoms. The third-order valence-corrected chi connectivity index (χ3v) is 4.44. The first-order valence-electron chi connectivity index (χ1n) is 8.54. The van der Waals surface area contributed by atoms with Gasteiger partial charge in [-0.05, 0) is 48.2 Å². The van der Waals surface area contributed by atoms with Crippen LogP contribution in [0.2, 0.25) is 0 Å². The van der Waals surface area contributed by atoms with E-state index >= 15 is 0 Å². The first-order chi connectivity index (χ1) is 12.7. The van der Waals surface area contributed by atoms with Gasteiger partial charge in [-0.1, -0.05) is 38.1 Å². The highest BCUT2D eigenvalue weighted by atomic mass is 16.5. The molecule has 0 unspecified atom stereocenters. The summed E-state index contributed by atoms with van der Waals surface area (Å²) in [5, 5.41) is 21.1. The van der Waals surface area contributed by atoms with Gasteiger partial charge in [-0.3, -0.25) is 4.79 Å². The van der Waals surface area contributed by atoms with E-state index in [-0.39, 0.29) is 11.7 Å². The Morgan fingerprint density at radius 2 is 1.63 bits per heavy atom. The van der Waals surface area contributed by atoms with Gasteiger partial charge in [-0.2, -0.15) is 5.26 Å². The van der Waals surface area contributed by atoms with E-state index < -0.39 is 24.0 Å². The molecule has 2 aromatic rings. The quantitative estimate of drug-likeness (QED) is 0.765. The highest BCUT2D eigenvalue weighted by Gasteiger charge is 2.30. The molecular formula is C21H22N2O4. The maximum atomic E-state index is 12.1. The van der Waals surface area contributed by atoms with E-state index in [0.717, 1.165) is 11.1 Å². The molecule has 0 aliphatic carbocycles. The van der Waals surface area contributed by atoms with Crippen LogP contribution in [-0.2, 0) is 9.53 Å². The molecule has 2 N–H and O–H groups in total. The number of hydrogen-bond donors (Lipinski definition) is 2. The van der Waals surface area contributed by atoms with E-state index in [4.69, 9.17) is 4.74 Å². The number of carbonyl (C=O) groups excluding carboxylic acids is 2. The Balaban J connectivity index is 1.95. The maximum absolute atomic E-state index is 12.1. The van der Waals surface area contributed by atoms with E-state index in [1.807, 2.05) is 13.8 Å².